The van der Waals surface area contributed by atoms with Crippen LogP contribution in [0.1, 0.15) is 61.7 Å². The molecule has 1 saturated heterocycles. The van der Waals surface area contributed by atoms with E-state index in [-0.39, 0.29) is 57.6 Å². The first-order valence-electron chi connectivity index (χ1n) is 14.9. The minimum absolute atomic E-state index is 0.0200. The highest BCUT2D eigenvalue weighted by Crippen LogP contribution is 2.48. The molecule has 226 valence electrons. The number of aromatic nitrogens is 5. The van der Waals surface area contributed by atoms with Gasteiger partial charge in [0.15, 0.2) is 11.5 Å². The summed E-state index contributed by atoms with van der Waals surface area (Å²) in [6.45, 7) is 8.41. The summed E-state index contributed by atoms with van der Waals surface area (Å²) in [5.41, 5.74) is 7.20. The maximum atomic E-state index is 16.0. The first kappa shape index (κ1) is 28.1. The van der Waals surface area contributed by atoms with Crippen molar-refractivity contribution in [3.63, 3.8) is 0 Å². The van der Waals surface area contributed by atoms with Crippen LogP contribution in [0, 0.1) is 18.6 Å². The topological polar surface area (TPSA) is 123 Å². The summed E-state index contributed by atoms with van der Waals surface area (Å²) in [6.07, 6.45) is 4.98. The number of halogens is 2. The van der Waals surface area contributed by atoms with Crippen LogP contribution in [0.4, 0.5) is 20.3 Å². The number of hydrogen-bond acceptors (Lipinski definition) is 8. The molecule has 1 aromatic carbocycles. The highest BCUT2D eigenvalue weighted by molar-refractivity contribution is 5.92. The van der Waals surface area contributed by atoms with Gasteiger partial charge in [-0.25, -0.2) is 33.1 Å². The van der Waals surface area contributed by atoms with Crippen molar-refractivity contribution >= 4 is 28.4 Å². The van der Waals surface area contributed by atoms with Crippen molar-refractivity contribution in [2.75, 3.05) is 30.3 Å². The Morgan fingerprint density at radius 1 is 1.02 bits per heavy atom. The van der Waals surface area contributed by atoms with Gasteiger partial charge in [0.25, 0.3) is 0 Å². The Hall–Kier alpha value is -4.74. The molecule has 3 aromatic heterocycles. The van der Waals surface area contributed by atoms with E-state index in [9.17, 15) is 9.59 Å². The molecule has 3 fully saturated rings. The fourth-order valence-electron chi connectivity index (χ4n) is 6.22. The molecule has 1 aliphatic heterocycles. The van der Waals surface area contributed by atoms with Crippen molar-refractivity contribution in [1.82, 2.24) is 29.4 Å². The number of nitrogens with two attached hydrogens (primary N) is 1. The van der Waals surface area contributed by atoms with E-state index in [1.807, 2.05) is 18.7 Å². The average molecular weight is 599 g/mol. The normalized spacial score (nSPS) is 18.6. The van der Waals surface area contributed by atoms with Crippen molar-refractivity contribution in [3.8, 4) is 16.9 Å². The Morgan fingerprint density at radius 3 is 2.30 bits per heavy atom. The molecule has 44 heavy (non-hydrogen) atoms. The molecule has 1 amide bonds. The zero-order valence-electron chi connectivity index (χ0n) is 24.6. The summed E-state index contributed by atoms with van der Waals surface area (Å²) in [5.74, 6) is -0.546. The summed E-state index contributed by atoms with van der Waals surface area (Å²) in [6, 6.07) is 5.10. The van der Waals surface area contributed by atoms with Gasteiger partial charge in [-0.05, 0) is 63.8 Å². The van der Waals surface area contributed by atoms with Gasteiger partial charge >= 0.3 is 5.69 Å². The van der Waals surface area contributed by atoms with Crippen molar-refractivity contribution in [2.24, 2.45) is 0 Å². The van der Waals surface area contributed by atoms with E-state index in [0.717, 1.165) is 37.1 Å². The van der Waals surface area contributed by atoms with Gasteiger partial charge in [0.1, 0.15) is 23.2 Å². The maximum Gasteiger partial charge on any atom is 0.355 e. The van der Waals surface area contributed by atoms with Gasteiger partial charge in [0.2, 0.25) is 5.91 Å². The lowest BCUT2D eigenvalue weighted by Gasteiger charge is -2.40. The number of anilines is 2. The summed E-state index contributed by atoms with van der Waals surface area (Å²) in [5, 5.41) is 0.278. The Kier molecular flexibility index (Phi) is 6.67. The van der Waals surface area contributed by atoms with Crippen molar-refractivity contribution in [1.29, 1.82) is 0 Å². The SMILES string of the molecule is C=CC(=O)N1CCN(c2nc(=O)n(-c3c(C4CC4)nc(C)nc3C3CC3)c3nc(-c4c(N)cccc4F)c(F)cc23)[C@@H](C)C1. The molecule has 10 nitrogen and oxygen atoms in total. The molecule has 4 aromatic rings. The molecular formula is C32H32F2N8O2. The van der Waals surface area contributed by atoms with Crippen LogP contribution in [0.5, 0.6) is 0 Å². The number of benzene rings is 1. The second-order valence-electron chi connectivity index (χ2n) is 11.9. The molecule has 2 N–H and O–H groups in total. The van der Waals surface area contributed by atoms with E-state index in [1.165, 1.54) is 34.9 Å². The van der Waals surface area contributed by atoms with Crippen LogP contribution in [0.15, 0.2) is 41.7 Å². The fraction of sp³-hybridized carbons (Fsp3) is 0.375. The molecule has 2 saturated carbocycles. The van der Waals surface area contributed by atoms with E-state index < -0.39 is 17.3 Å². The average Bonchev–Trinajstić information content (AvgIpc) is 3.91. The van der Waals surface area contributed by atoms with Crippen LogP contribution in [0.25, 0.3) is 28.0 Å². The van der Waals surface area contributed by atoms with E-state index in [0.29, 0.717) is 31.1 Å². The summed E-state index contributed by atoms with van der Waals surface area (Å²) >= 11 is 0. The lowest BCUT2D eigenvalue weighted by molar-refractivity contribution is -0.126. The predicted molar refractivity (Wildman–Crippen MR) is 163 cm³/mol. The Balaban J connectivity index is 1.52. The third kappa shape index (κ3) is 4.68. The number of nitrogen functional groups attached to an aromatic ring is 1. The van der Waals surface area contributed by atoms with Gasteiger partial charge < -0.3 is 15.5 Å². The summed E-state index contributed by atoms with van der Waals surface area (Å²) in [4.78, 5) is 48.8. The van der Waals surface area contributed by atoms with Gasteiger partial charge in [0.05, 0.1) is 28.0 Å². The van der Waals surface area contributed by atoms with Crippen LogP contribution in [-0.2, 0) is 4.79 Å². The van der Waals surface area contributed by atoms with Crippen molar-refractivity contribution < 1.29 is 13.6 Å². The monoisotopic (exact) mass is 598 g/mol. The molecule has 12 heteroatoms. The standard InChI is InChI=1S/C32H32F2N8O2/c1-4-24(43)40-12-13-41(16(2)15-40)30-20-14-22(34)28(25-21(33)6-5-7-23(25)35)38-31(20)42(32(44)39-30)29-26(18-8-9-18)36-17(3)37-27(29)19-10-11-19/h4-7,14,16,18-19H,1,8-13,15,35H2,2-3H3/t16-/m0/s1. The third-order valence-electron chi connectivity index (χ3n) is 8.67. The van der Waals surface area contributed by atoms with Crippen LogP contribution in [0.2, 0.25) is 0 Å². The Morgan fingerprint density at radius 2 is 1.70 bits per heavy atom. The van der Waals surface area contributed by atoms with Gasteiger partial charge in [-0.1, -0.05) is 12.6 Å². The number of carbonyl (C=O) groups excluding carboxylic acids is 1. The van der Waals surface area contributed by atoms with Crippen molar-refractivity contribution in [3.05, 3.63) is 76.3 Å². The second kappa shape index (κ2) is 10.5. The molecular weight excluding hydrogens is 566 g/mol. The molecule has 3 aliphatic rings. The quantitative estimate of drug-likeness (QED) is 0.256. The zero-order valence-corrected chi connectivity index (χ0v) is 24.6. The molecule has 0 radical (unpaired) electrons. The number of amides is 1. The van der Waals surface area contributed by atoms with Gasteiger partial charge in [-0.2, -0.15) is 4.98 Å². The van der Waals surface area contributed by atoms with E-state index in [4.69, 9.17) is 15.7 Å². The number of carbonyl (C=O) groups is 1. The number of piperazine rings is 1. The molecule has 0 spiro atoms. The third-order valence-corrected chi connectivity index (χ3v) is 8.67. The highest BCUT2D eigenvalue weighted by Gasteiger charge is 2.38. The molecule has 0 bridgehead atoms. The maximum absolute atomic E-state index is 16.0. The van der Waals surface area contributed by atoms with Gasteiger partial charge in [0, 0.05) is 43.2 Å². The largest absolute Gasteiger partial charge is 0.398 e. The minimum Gasteiger partial charge on any atom is -0.398 e. The second-order valence-corrected chi connectivity index (χ2v) is 11.9. The number of pyridine rings is 1. The van der Waals surface area contributed by atoms with Crippen LogP contribution >= 0.6 is 0 Å². The van der Waals surface area contributed by atoms with Crippen LogP contribution in [0.3, 0.4) is 0 Å². The number of hydrogen-bond donors (Lipinski definition) is 1. The fourth-order valence-corrected chi connectivity index (χ4v) is 6.22. The summed E-state index contributed by atoms with van der Waals surface area (Å²) < 4.78 is 32.6. The van der Waals surface area contributed by atoms with E-state index >= 15 is 8.78 Å². The smallest absolute Gasteiger partial charge is 0.355 e. The number of aryl methyl sites for hydroxylation is 1. The van der Waals surface area contributed by atoms with E-state index in [2.05, 4.69) is 16.5 Å². The van der Waals surface area contributed by atoms with E-state index in [1.54, 1.807) is 4.90 Å². The highest BCUT2D eigenvalue weighted by atomic mass is 19.1. The molecule has 0 unspecified atom stereocenters. The van der Waals surface area contributed by atoms with Crippen molar-refractivity contribution in [2.45, 2.75) is 57.4 Å². The number of rotatable bonds is 6. The first-order chi connectivity index (χ1) is 21.2. The Bertz CT molecular complexity index is 1860. The number of nitrogens with zero attached hydrogens (tertiary/aromatic N) is 7. The molecule has 7 rings (SSSR count). The molecule has 4 heterocycles. The zero-order chi connectivity index (χ0) is 30.9. The minimum atomic E-state index is -0.805. The molecule has 1 atom stereocenters. The lowest BCUT2D eigenvalue weighted by atomic mass is 10.1. The first-order valence-corrected chi connectivity index (χ1v) is 14.9. The van der Waals surface area contributed by atoms with Gasteiger partial charge in [-0.3, -0.25) is 4.79 Å². The van der Waals surface area contributed by atoms with Gasteiger partial charge in [-0.15, -0.1) is 0 Å². The summed E-state index contributed by atoms with van der Waals surface area (Å²) in [7, 11) is 0. The van der Waals surface area contributed by atoms with Crippen LogP contribution < -0.4 is 16.3 Å². The lowest BCUT2D eigenvalue weighted by Crippen LogP contribution is -2.54. The van der Waals surface area contributed by atoms with Crippen LogP contribution in [-0.4, -0.2) is 61.0 Å². The Labute approximate surface area is 252 Å². The number of fused-ring (bicyclic) bond motifs is 1. The predicted octanol–water partition coefficient (Wildman–Crippen LogP) is 4.38. The molecule has 2 aliphatic carbocycles.